The topological polar surface area (TPSA) is 61.4 Å². The minimum Gasteiger partial charge on any atom is -0.378 e. The monoisotopic (exact) mass is 387 g/mol. The Labute approximate surface area is 165 Å². The van der Waals surface area contributed by atoms with Crippen LogP contribution in [0.25, 0.3) is 0 Å². The molecule has 0 aliphatic rings. The largest absolute Gasteiger partial charge is 0.378 e. The molecule has 0 unspecified atom stereocenters. The van der Waals surface area contributed by atoms with Gasteiger partial charge in [0.05, 0.1) is 10.6 Å². The molecule has 2 aromatic carbocycles. The second-order valence-electron chi connectivity index (χ2n) is 6.95. The van der Waals surface area contributed by atoms with Crippen LogP contribution in [0.15, 0.2) is 48.5 Å². The number of benzene rings is 2. The molecule has 0 radical (unpaired) electrons. The van der Waals surface area contributed by atoms with Crippen molar-refractivity contribution in [1.29, 1.82) is 0 Å². The Morgan fingerprint density at radius 2 is 1.67 bits per heavy atom. The molecule has 0 heterocycles. The quantitative estimate of drug-likeness (QED) is 0.764. The summed E-state index contributed by atoms with van der Waals surface area (Å²) in [5, 5.41) is 6.05. The van der Waals surface area contributed by atoms with Crippen molar-refractivity contribution < 1.29 is 9.59 Å². The number of carbonyl (C=O) groups excluding carboxylic acids is 2. The molecule has 5 nitrogen and oxygen atoms in total. The number of hydrogen-bond acceptors (Lipinski definition) is 3. The maximum atomic E-state index is 12.6. The number of anilines is 1. The number of amides is 2. The fourth-order valence-corrected chi connectivity index (χ4v) is 2.83. The smallest absolute Gasteiger partial charge is 0.253 e. The highest BCUT2D eigenvalue weighted by Crippen LogP contribution is 2.16. The third kappa shape index (κ3) is 5.73. The van der Waals surface area contributed by atoms with Crippen LogP contribution in [-0.2, 0) is 11.3 Å². The van der Waals surface area contributed by atoms with Crippen molar-refractivity contribution in [2.75, 3.05) is 19.0 Å². The van der Waals surface area contributed by atoms with Crippen LogP contribution < -0.4 is 15.5 Å². The van der Waals surface area contributed by atoms with Crippen LogP contribution in [0.2, 0.25) is 5.02 Å². The Hall–Kier alpha value is -2.53. The zero-order chi connectivity index (χ0) is 20.0. The van der Waals surface area contributed by atoms with Gasteiger partial charge in [0, 0.05) is 26.3 Å². The van der Waals surface area contributed by atoms with Gasteiger partial charge >= 0.3 is 0 Å². The van der Waals surface area contributed by atoms with Crippen LogP contribution in [0.4, 0.5) is 5.69 Å². The zero-order valence-corrected chi connectivity index (χ0v) is 16.9. The van der Waals surface area contributed by atoms with Gasteiger partial charge in [-0.25, -0.2) is 0 Å². The Balaban J connectivity index is 2.00. The van der Waals surface area contributed by atoms with Crippen LogP contribution in [0.3, 0.4) is 0 Å². The number of carbonyl (C=O) groups is 2. The van der Waals surface area contributed by atoms with Gasteiger partial charge in [-0.3, -0.25) is 9.59 Å². The van der Waals surface area contributed by atoms with E-state index in [1.165, 1.54) is 0 Å². The van der Waals surface area contributed by atoms with Gasteiger partial charge in [-0.05, 0) is 35.7 Å². The molecule has 0 saturated heterocycles. The van der Waals surface area contributed by atoms with E-state index >= 15 is 0 Å². The third-order valence-electron chi connectivity index (χ3n) is 4.27. The maximum Gasteiger partial charge on any atom is 0.253 e. The predicted molar refractivity (Wildman–Crippen MR) is 110 cm³/mol. The van der Waals surface area contributed by atoms with Gasteiger partial charge in [-0.15, -0.1) is 0 Å². The predicted octanol–water partition coefficient (Wildman–Crippen LogP) is 3.48. The summed E-state index contributed by atoms with van der Waals surface area (Å²) in [7, 11) is 3.96. The van der Waals surface area contributed by atoms with E-state index in [4.69, 9.17) is 11.6 Å². The molecule has 0 saturated carbocycles. The van der Waals surface area contributed by atoms with Gasteiger partial charge in [-0.1, -0.05) is 49.7 Å². The minimum atomic E-state index is -0.644. The van der Waals surface area contributed by atoms with Crippen molar-refractivity contribution in [3.8, 4) is 0 Å². The molecule has 0 spiro atoms. The van der Waals surface area contributed by atoms with Gasteiger partial charge in [0.1, 0.15) is 6.04 Å². The van der Waals surface area contributed by atoms with Crippen LogP contribution in [0, 0.1) is 5.92 Å². The lowest BCUT2D eigenvalue weighted by molar-refractivity contribution is -0.124. The van der Waals surface area contributed by atoms with E-state index in [-0.39, 0.29) is 17.7 Å². The Bertz CT molecular complexity index is 788. The Kier molecular flexibility index (Phi) is 7.25. The van der Waals surface area contributed by atoms with Gasteiger partial charge in [0.15, 0.2) is 0 Å². The average Bonchev–Trinajstić information content (AvgIpc) is 2.64. The lowest BCUT2D eigenvalue weighted by Gasteiger charge is -2.22. The lowest BCUT2D eigenvalue weighted by Crippen LogP contribution is -2.49. The van der Waals surface area contributed by atoms with Gasteiger partial charge in [0.2, 0.25) is 5.91 Å². The molecule has 2 amide bonds. The Morgan fingerprint density at radius 1 is 1.04 bits per heavy atom. The molecule has 144 valence electrons. The second-order valence-corrected chi connectivity index (χ2v) is 7.36. The number of nitrogens with zero attached hydrogens (tertiary/aromatic N) is 1. The summed E-state index contributed by atoms with van der Waals surface area (Å²) in [5.41, 5.74) is 2.45. The van der Waals surface area contributed by atoms with E-state index in [1.54, 1.807) is 24.3 Å². The highest BCUT2D eigenvalue weighted by atomic mass is 35.5. The van der Waals surface area contributed by atoms with Crippen LogP contribution in [0.5, 0.6) is 0 Å². The van der Waals surface area contributed by atoms with Crippen LogP contribution in [-0.4, -0.2) is 32.0 Å². The molecule has 1 atom stereocenters. The molecule has 0 fully saturated rings. The van der Waals surface area contributed by atoms with Gasteiger partial charge < -0.3 is 15.5 Å². The van der Waals surface area contributed by atoms with Crippen molar-refractivity contribution in [2.45, 2.75) is 26.4 Å². The number of hydrogen-bond donors (Lipinski definition) is 2. The molecule has 0 aliphatic carbocycles. The molecule has 27 heavy (non-hydrogen) atoms. The fourth-order valence-electron chi connectivity index (χ4n) is 2.61. The van der Waals surface area contributed by atoms with Crippen LogP contribution >= 0.6 is 11.6 Å². The first-order valence-corrected chi connectivity index (χ1v) is 9.26. The first kappa shape index (κ1) is 20.8. The highest BCUT2D eigenvalue weighted by Gasteiger charge is 2.25. The summed E-state index contributed by atoms with van der Waals surface area (Å²) in [6.45, 7) is 4.18. The first-order valence-electron chi connectivity index (χ1n) is 8.89. The number of halogens is 1. The molecule has 2 N–H and O–H groups in total. The van der Waals surface area contributed by atoms with Crippen molar-refractivity contribution in [3.63, 3.8) is 0 Å². The van der Waals surface area contributed by atoms with Crippen molar-refractivity contribution in [3.05, 3.63) is 64.7 Å². The van der Waals surface area contributed by atoms with E-state index in [0.717, 1.165) is 11.3 Å². The standard InChI is InChI=1S/C21H26ClN3O2/c1-14(2)19(24-20(26)17-7-5-6-8-18(17)22)21(27)23-13-15-9-11-16(12-10-15)25(3)4/h5-12,14,19H,13H2,1-4H3,(H,23,27)(H,24,26)/t19-/m0/s1. The second kappa shape index (κ2) is 9.42. The summed E-state index contributed by atoms with van der Waals surface area (Å²) in [6, 6.07) is 14.1. The lowest BCUT2D eigenvalue weighted by atomic mass is 10.0. The van der Waals surface area contributed by atoms with Gasteiger partial charge in [-0.2, -0.15) is 0 Å². The molecular formula is C21H26ClN3O2. The van der Waals surface area contributed by atoms with E-state index in [2.05, 4.69) is 10.6 Å². The van der Waals surface area contributed by atoms with E-state index in [1.807, 2.05) is 57.1 Å². The molecule has 0 aromatic heterocycles. The normalized spacial score (nSPS) is 11.8. The summed E-state index contributed by atoms with van der Waals surface area (Å²) in [5.74, 6) is -0.639. The molecule has 2 aromatic rings. The average molecular weight is 388 g/mol. The SMILES string of the molecule is CC(C)[C@H](NC(=O)c1ccccc1Cl)C(=O)NCc1ccc(N(C)C)cc1. The molecule has 6 heteroatoms. The van der Waals surface area contributed by atoms with Crippen molar-refractivity contribution in [2.24, 2.45) is 5.92 Å². The minimum absolute atomic E-state index is 0.0624. The van der Waals surface area contributed by atoms with Gasteiger partial charge in [0.25, 0.3) is 5.91 Å². The zero-order valence-electron chi connectivity index (χ0n) is 16.1. The van der Waals surface area contributed by atoms with E-state index in [9.17, 15) is 9.59 Å². The summed E-state index contributed by atoms with van der Waals surface area (Å²) >= 11 is 6.07. The molecule has 2 rings (SSSR count). The molecule has 0 bridgehead atoms. The number of rotatable bonds is 7. The highest BCUT2D eigenvalue weighted by molar-refractivity contribution is 6.33. The Morgan fingerprint density at radius 3 is 2.22 bits per heavy atom. The van der Waals surface area contributed by atoms with Crippen molar-refractivity contribution in [1.82, 2.24) is 10.6 Å². The summed E-state index contributed by atoms with van der Waals surface area (Å²) < 4.78 is 0. The molecule has 0 aliphatic heterocycles. The number of nitrogens with one attached hydrogen (secondary N) is 2. The third-order valence-corrected chi connectivity index (χ3v) is 4.60. The van der Waals surface area contributed by atoms with Crippen molar-refractivity contribution >= 4 is 29.1 Å². The molecular weight excluding hydrogens is 362 g/mol. The maximum absolute atomic E-state index is 12.6. The van der Waals surface area contributed by atoms with E-state index < -0.39 is 6.04 Å². The van der Waals surface area contributed by atoms with Crippen LogP contribution in [0.1, 0.15) is 29.8 Å². The first-order chi connectivity index (χ1) is 12.8. The summed E-state index contributed by atoms with van der Waals surface area (Å²) in [4.78, 5) is 27.1. The summed E-state index contributed by atoms with van der Waals surface area (Å²) in [6.07, 6.45) is 0. The van der Waals surface area contributed by atoms with E-state index in [0.29, 0.717) is 17.1 Å². The fraction of sp³-hybridized carbons (Fsp3) is 0.333.